The van der Waals surface area contributed by atoms with Gasteiger partial charge in [-0.25, -0.2) is 4.79 Å². The molecule has 0 aromatic heterocycles. The second-order valence-corrected chi connectivity index (χ2v) is 6.04. The Morgan fingerprint density at radius 2 is 1.79 bits per heavy atom. The molecule has 0 radical (unpaired) electrons. The summed E-state index contributed by atoms with van der Waals surface area (Å²) in [6.07, 6.45) is 0.300. The van der Waals surface area contributed by atoms with E-state index in [9.17, 15) is 23.2 Å². The third kappa shape index (κ3) is 4.61. The summed E-state index contributed by atoms with van der Waals surface area (Å²) in [6, 6.07) is 13.3. The van der Waals surface area contributed by atoms with Crippen molar-refractivity contribution in [1.82, 2.24) is 10.2 Å². The molecule has 0 bridgehead atoms. The standard InChI is InChI=1S/C19H17F2N3O4/c20-18(21)28-15-9-5-4-8-13(15)22-16(25)11-24-17(26)14(23-19(24)27)10-12-6-2-1-3-7-12/h1-9,14,18H,10-11H2,(H,22,25)(H,23,27)/t14-/m0/s1. The molecule has 1 aliphatic rings. The average molecular weight is 389 g/mol. The van der Waals surface area contributed by atoms with Gasteiger partial charge < -0.3 is 15.4 Å². The lowest BCUT2D eigenvalue weighted by atomic mass is 10.1. The molecule has 9 heteroatoms. The highest BCUT2D eigenvalue weighted by molar-refractivity contribution is 6.08. The Morgan fingerprint density at radius 1 is 1.11 bits per heavy atom. The lowest BCUT2D eigenvalue weighted by Gasteiger charge is -2.15. The number of imide groups is 1. The van der Waals surface area contributed by atoms with Crippen molar-refractivity contribution >= 4 is 23.5 Å². The van der Waals surface area contributed by atoms with Gasteiger partial charge in [0.15, 0.2) is 0 Å². The number of nitrogens with one attached hydrogen (secondary N) is 2. The Morgan fingerprint density at radius 3 is 2.50 bits per heavy atom. The van der Waals surface area contributed by atoms with Crippen molar-refractivity contribution in [1.29, 1.82) is 0 Å². The number of alkyl halides is 2. The van der Waals surface area contributed by atoms with Crippen LogP contribution >= 0.6 is 0 Å². The number of hydrogen-bond acceptors (Lipinski definition) is 4. The van der Waals surface area contributed by atoms with Crippen LogP contribution in [0.25, 0.3) is 0 Å². The predicted molar refractivity (Wildman–Crippen MR) is 95.9 cm³/mol. The first-order valence-corrected chi connectivity index (χ1v) is 8.43. The molecular formula is C19H17F2N3O4. The van der Waals surface area contributed by atoms with Gasteiger partial charge in [0.05, 0.1) is 5.69 Å². The molecule has 2 N–H and O–H groups in total. The van der Waals surface area contributed by atoms with E-state index in [0.29, 0.717) is 6.42 Å². The predicted octanol–water partition coefficient (Wildman–Crippen LogP) is 2.39. The Bertz CT molecular complexity index is 876. The zero-order valence-electron chi connectivity index (χ0n) is 14.6. The summed E-state index contributed by atoms with van der Waals surface area (Å²) in [5, 5.41) is 4.92. The molecular weight excluding hydrogens is 372 g/mol. The fourth-order valence-electron chi connectivity index (χ4n) is 2.82. The minimum absolute atomic E-state index is 0.0145. The van der Waals surface area contributed by atoms with Gasteiger partial charge in [0, 0.05) is 6.42 Å². The molecule has 1 saturated heterocycles. The molecule has 0 unspecified atom stereocenters. The zero-order valence-corrected chi connectivity index (χ0v) is 14.6. The van der Waals surface area contributed by atoms with E-state index in [4.69, 9.17) is 0 Å². The highest BCUT2D eigenvalue weighted by atomic mass is 19.3. The number of ether oxygens (including phenoxy) is 1. The molecule has 28 heavy (non-hydrogen) atoms. The molecule has 146 valence electrons. The van der Waals surface area contributed by atoms with Crippen LogP contribution in [0.4, 0.5) is 19.3 Å². The topological polar surface area (TPSA) is 87.7 Å². The van der Waals surface area contributed by atoms with Gasteiger partial charge in [-0.3, -0.25) is 14.5 Å². The van der Waals surface area contributed by atoms with Crippen LogP contribution in [-0.2, 0) is 16.0 Å². The first-order valence-electron chi connectivity index (χ1n) is 8.43. The molecule has 1 heterocycles. The van der Waals surface area contributed by atoms with Gasteiger partial charge in [-0.2, -0.15) is 8.78 Å². The smallest absolute Gasteiger partial charge is 0.387 e. The van der Waals surface area contributed by atoms with E-state index >= 15 is 0 Å². The minimum atomic E-state index is -3.05. The van der Waals surface area contributed by atoms with E-state index in [1.807, 2.05) is 30.3 Å². The van der Waals surface area contributed by atoms with Crippen LogP contribution in [0.1, 0.15) is 5.56 Å². The zero-order chi connectivity index (χ0) is 20.1. The van der Waals surface area contributed by atoms with Crippen LogP contribution in [0, 0.1) is 0 Å². The van der Waals surface area contributed by atoms with E-state index in [0.717, 1.165) is 10.5 Å². The summed E-state index contributed by atoms with van der Waals surface area (Å²) in [5.74, 6) is -1.46. The maximum atomic E-state index is 12.5. The molecule has 1 fully saturated rings. The summed E-state index contributed by atoms with van der Waals surface area (Å²) in [7, 11) is 0. The number of hydrogen-bond donors (Lipinski definition) is 2. The average Bonchev–Trinajstić information content (AvgIpc) is 2.91. The number of rotatable bonds is 7. The van der Waals surface area contributed by atoms with Crippen molar-refractivity contribution in [2.75, 3.05) is 11.9 Å². The molecule has 0 spiro atoms. The normalized spacial score (nSPS) is 16.2. The van der Waals surface area contributed by atoms with Gasteiger partial charge >= 0.3 is 12.6 Å². The molecule has 2 aromatic rings. The van der Waals surface area contributed by atoms with E-state index in [1.165, 1.54) is 24.3 Å². The molecule has 1 atom stereocenters. The number of amides is 4. The van der Waals surface area contributed by atoms with Crippen molar-refractivity contribution in [3.63, 3.8) is 0 Å². The van der Waals surface area contributed by atoms with Crippen LogP contribution in [0.2, 0.25) is 0 Å². The van der Waals surface area contributed by atoms with Crippen LogP contribution < -0.4 is 15.4 Å². The molecule has 2 aromatic carbocycles. The van der Waals surface area contributed by atoms with Crippen molar-refractivity contribution < 1.29 is 27.9 Å². The fraction of sp³-hybridized carbons (Fsp3) is 0.211. The molecule has 0 saturated carbocycles. The lowest BCUT2D eigenvalue weighted by molar-refractivity contribution is -0.130. The van der Waals surface area contributed by atoms with Crippen LogP contribution in [0.5, 0.6) is 5.75 Å². The number of urea groups is 1. The lowest BCUT2D eigenvalue weighted by Crippen LogP contribution is -2.38. The van der Waals surface area contributed by atoms with Crippen LogP contribution in [0.15, 0.2) is 54.6 Å². The Kier molecular flexibility index (Phi) is 5.83. The second kappa shape index (κ2) is 8.47. The molecule has 3 rings (SSSR count). The molecule has 4 amide bonds. The van der Waals surface area contributed by atoms with Crippen molar-refractivity contribution in [3.05, 3.63) is 60.2 Å². The van der Waals surface area contributed by atoms with Gasteiger partial charge in [0.1, 0.15) is 18.3 Å². The van der Waals surface area contributed by atoms with Crippen molar-refractivity contribution in [3.8, 4) is 5.75 Å². The summed E-state index contributed by atoms with van der Waals surface area (Å²) in [5.41, 5.74) is 0.881. The van der Waals surface area contributed by atoms with Crippen molar-refractivity contribution in [2.45, 2.75) is 19.1 Å². The van der Waals surface area contributed by atoms with Gasteiger partial charge in [-0.15, -0.1) is 0 Å². The number of para-hydroxylation sites is 2. The SMILES string of the molecule is O=C(CN1C(=O)N[C@@H](Cc2ccccc2)C1=O)Nc1ccccc1OC(F)F. The van der Waals surface area contributed by atoms with Crippen LogP contribution in [0.3, 0.4) is 0 Å². The maximum Gasteiger partial charge on any atom is 0.387 e. The van der Waals surface area contributed by atoms with E-state index < -0.39 is 37.0 Å². The minimum Gasteiger partial charge on any atom is -0.433 e. The number of carbonyl (C=O) groups excluding carboxylic acids is 3. The number of benzene rings is 2. The quantitative estimate of drug-likeness (QED) is 0.712. The number of anilines is 1. The van der Waals surface area contributed by atoms with E-state index in [2.05, 4.69) is 15.4 Å². The summed E-state index contributed by atoms with van der Waals surface area (Å²) in [4.78, 5) is 37.6. The summed E-state index contributed by atoms with van der Waals surface area (Å²) < 4.78 is 29.2. The first kappa shape index (κ1) is 19.3. The van der Waals surface area contributed by atoms with Gasteiger partial charge in [0.2, 0.25) is 5.91 Å². The number of halogens is 2. The molecule has 1 aliphatic heterocycles. The van der Waals surface area contributed by atoms with Gasteiger partial charge in [0.25, 0.3) is 5.91 Å². The Balaban J connectivity index is 1.63. The largest absolute Gasteiger partial charge is 0.433 e. The Hall–Kier alpha value is -3.49. The third-order valence-corrected chi connectivity index (χ3v) is 4.07. The van der Waals surface area contributed by atoms with E-state index in [1.54, 1.807) is 0 Å². The third-order valence-electron chi connectivity index (χ3n) is 4.07. The highest BCUT2D eigenvalue weighted by Crippen LogP contribution is 2.25. The van der Waals surface area contributed by atoms with Crippen LogP contribution in [-0.4, -0.2) is 41.9 Å². The van der Waals surface area contributed by atoms with E-state index in [-0.39, 0.29) is 11.4 Å². The second-order valence-electron chi connectivity index (χ2n) is 6.04. The number of carbonyl (C=O) groups is 3. The molecule has 0 aliphatic carbocycles. The first-order chi connectivity index (χ1) is 13.4. The Labute approximate surface area is 159 Å². The monoisotopic (exact) mass is 389 g/mol. The van der Waals surface area contributed by atoms with Crippen molar-refractivity contribution in [2.24, 2.45) is 0 Å². The highest BCUT2D eigenvalue weighted by Gasteiger charge is 2.38. The van der Waals surface area contributed by atoms with Gasteiger partial charge in [-0.1, -0.05) is 42.5 Å². The van der Waals surface area contributed by atoms with Gasteiger partial charge in [-0.05, 0) is 17.7 Å². The summed E-state index contributed by atoms with van der Waals surface area (Å²) >= 11 is 0. The fourth-order valence-corrected chi connectivity index (χ4v) is 2.82. The maximum absolute atomic E-state index is 12.5. The molecule has 7 nitrogen and oxygen atoms in total. The summed E-state index contributed by atoms with van der Waals surface area (Å²) in [6.45, 7) is -3.60. The number of nitrogens with zero attached hydrogens (tertiary/aromatic N) is 1.